The summed E-state index contributed by atoms with van der Waals surface area (Å²) in [6.45, 7) is -0.297. The van der Waals surface area contributed by atoms with E-state index in [1.807, 2.05) is 0 Å². The molecular formula is C12H9BrO6. The van der Waals surface area contributed by atoms with E-state index in [4.69, 9.17) is 14.6 Å². The van der Waals surface area contributed by atoms with Gasteiger partial charge in [-0.3, -0.25) is 4.79 Å². The molecule has 0 aromatic heterocycles. The van der Waals surface area contributed by atoms with Crippen LogP contribution in [0.15, 0.2) is 22.2 Å². The summed E-state index contributed by atoms with van der Waals surface area (Å²) in [4.78, 5) is 22.0. The van der Waals surface area contributed by atoms with E-state index >= 15 is 0 Å². The van der Waals surface area contributed by atoms with Gasteiger partial charge in [-0.25, -0.2) is 4.79 Å². The first kappa shape index (κ1) is 13.4. The third kappa shape index (κ3) is 2.28. The van der Waals surface area contributed by atoms with Gasteiger partial charge in [0.1, 0.15) is 23.9 Å². The number of aliphatic carboxylic acids is 1. The summed E-state index contributed by atoms with van der Waals surface area (Å²) in [5.74, 6) is -2.40. The Morgan fingerprint density at radius 3 is 2.68 bits per heavy atom. The van der Waals surface area contributed by atoms with E-state index < -0.39 is 17.5 Å². The summed E-state index contributed by atoms with van der Waals surface area (Å²) in [6, 6.07) is 3.04. The molecule has 1 aliphatic rings. The number of Topliss-reactive ketones (excluding diaryl/α,β-unsaturated/α-hetero) is 1. The zero-order chi connectivity index (χ0) is 14.2. The van der Waals surface area contributed by atoms with Crippen LogP contribution in [0.4, 0.5) is 0 Å². The van der Waals surface area contributed by atoms with Gasteiger partial charge in [-0.15, -0.1) is 0 Å². The molecule has 6 nitrogen and oxygen atoms in total. The molecule has 0 unspecified atom stereocenters. The van der Waals surface area contributed by atoms with Crippen LogP contribution in [0.2, 0.25) is 0 Å². The van der Waals surface area contributed by atoms with Gasteiger partial charge in [0.25, 0.3) is 5.78 Å². The topological polar surface area (TPSA) is 93.1 Å². The van der Waals surface area contributed by atoms with Crippen molar-refractivity contribution in [2.24, 2.45) is 0 Å². The van der Waals surface area contributed by atoms with Gasteiger partial charge in [0.15, 0.2) is 0 Å². The Hall–Kier alpha value is -2.02. The molecule has 0 spiro atoms. The molecule has 0 amide bonds. The number of aliphatic hydroxyl groups is 1. The van der Waals surface area contributed by atoms with E-state index in [1.165, 1.54) is 19.2 Å². The first-order chi connectivity index (χ1) is 8.95. The molecule has 0 saturated carbocycles. The van der Waals surface area contributed by atoms with Gasteiger partial charge in [0.2, 0.25) is 0 Å². The maximum Gasteiger partial charge on any atom is 0.377 e. The zero-order valence-corrected chi connectivity index (χ0v) is 11.4. The fourth-order valence-electron chi connectivity index (χ4n) is 1.68. The molecule has 100 valence electrons. The highest BCUT2D eigenvalue weighted by Crippen LogP contribution is 2.39. The van der Waals surface area contributed by atoms with Crippen LogP contribution in [0, 0.1) is 0 Å². The van der Waals surface area contributed by atoms with E-state index in [-0.39, 0.29) is 17.7 Å². The molecule has 1 aromatic carbocycles. The zero-order valence-electron chi connectivity index (χ0n) is 9.77. The van der Waals surface area contributed by atoms with Gasteiger partial charge in [-0.1, -0.05) is 0 Å². The van der Waals surface area contributed by atoms with Crippen molar-refractivity contribution >= 4 is 33.4 Å². The van der Waals surface area contributed by atoms with Crippen molar-refractivity contribution in [2.45, 2.75) is 0 Å². The van der Waals surface area contributed by atoms with Gasteiger partial charge in [0, 0.05) is 6.07 Å². The highest BCUT2D eigenvalue weighted by Gasteiger charge is 2.29. The van der Waals surface area contributed by atoms with E-state index in [0.717, 1.165) is 0 Å². The van der Waals surface area contributed by atoms with Crippen LogP contribution in [0.1, 0.15) is 5.56 Å². The highest BCUT2D eigenvalue weighted by atomic mass is 79.9. The Labute approximate surface area is 116 Å². The predicted molar refractivity (Wildman–Crippen MR) is 68.4 cm³/mol. The molecule has 2 N–H and O–H groups in total. The third-order valence-electron chi connectivity index (χ3n) is 2.64. The molecule has 0 aliphatic carbocycles. The molecule has 19 heavy (non-hydrogen) atoms. The SMILES string of the molecule is COc1cc2c(cc1Br)C(O)=C(C(=O)C(=O)O)CO2. The summed E-state index contributed by atoms with van der Waals surface area (Å²) in [5, 5.41) is 18.6. The molecule has 7 heteroatoms. The largest absolute Gasteiger partial charge is 0.507 e. The first-order valence-corrected chi connectivity index (χ1v) is 5.95. The highest BCUT2D eigenvalue weighted by molar-refractivity contribution is 9.10. The minimum atomic E-state index is -1.64. The van der Waals surface area contributed by atoms with Crippen molar-refractivity contribution in [2.75, 3.05) is 13.7 Å². The van der Waals surface area contributed by atoms with E-state index in [9.17, 15) is 14.7 Å². The number of carboxylic acids is 1. The van der Waals surface area contributed by atoms with Crippen molar-refractivity contribution in [1.82, 2.24) is 0 Å². The number of aliphatic hydroxyl groups excluding tert-OH is 1. The molecule has 1 aliphatic heterocycles. The Morgan fingerprint density at radius 2 is 2.11 bits per heavy atom. The number of ketones is 1. The quantitative estimate of drug-likeness (QED) is 0.821. The van der Waals surface area contributed by atoms with Crippen LogP contribution in [0.3, 0.4) is 0 Å². The maximum absolute atomic E-state index is 11.4. The Bertz CT molecular complexity index is 604. The van der Waals surface area contributed by atoms with Crippen LogP contribution in [0.25, 0.3) is 5.76 Å². The van der Waals surface area contributed by atoms with Crippen molar-refractivity contribution < 1.29 is 29.3 Å². The summed E-state index contributed by atoms with van der Waals surface area (Å²) in [7, 11) is 1.48. The molecule has 0 radical (unpaired) electrons. The average Bonchev–Trinajstić information content (AvgIpc) is 2.38. The van der Waals surface area contributed by atoms with E-state index in [1.54, 1.807) is 0 Å². The standard InChI is InChI=1S/C12H9BrO6/c1-18-9-3-8-5(2-7(9)13)10(14)6(4-19-8)11(15)12(16)17/h2-3,14H,4H2,1H3,(H,16,17). The minimum absolute atomic E-state index is 0.239. The van der Waals surface area contributed by atoms with Crippen molar-refractivity contribution in [1.29, 1.82) is 0 Å². The van der Waals surface area contributed by atoms with Gasteiger partial charge >= 0.3 is 5.97 Å². The average molecular weight is 329 g/mol. The number of carbonyl (C=O) groups excluding carboxylic acids is 1. The monoisotopic (exact) mass is 328 g/mol. The van der Waals surface area contributed by atoms with Gasteiger partial charge in [-0.05, 0) is 22.0 Å². The Morgan fingerprint density at radius 1 is 1.42 bits per heavy atom. The number of rotatable bonds is 3. The number of hydrogen-bond donors (Lipinski definition) is 2. The number of fused-ring (bicyclic) bond motifs is 1. The van der Waals surface area contributed by atoms with Gasteiger partial charge < -0.3 is 19.7 Å². The minimum Gasteiger partial charge on any atom is -0.507 e. The summed E-state index contributed by atoms with van der Waals surface area (Å²) < 4.78 is 10.9. The van der Waals surface area contributed by atoms with E-state index in [0.29, 0.717) is 16.0 Å². The normalized spacial score (nSPS) is 13.6. The van der Waals surface area contributed by atoms with Crippen LogP contribution in [-0.4, -0.2) is 35.7 Å². The van der Waals surface area contributed by atoms with Crippen LogP contribution >= 0.6 is 15.9 Å². The molecule has 1 heterocycles. The third-order valence-corrected chi connectivity index (χ3v) is 3.26. The number of hydrogen-bond acceptors (Lipinski definition) is 5. The van der Waals surface area contributed by atoms with Crippen LogP contribution in [-0.2, 0) is 9.59 Å². The van der Waals surface area contributed by atoms with Crippen LogP contribution < -0.4 is 9.47 Å². The molecule has 0 bridgehead atoms. The molecule has 0 fully saturated rings. The number of benzene rings is 1. The van der Waals surface area contributed by atoms with Gasteiger partial charge in [0.05, 0.1) is 22.7 Å². The first-order valence-electron chi connectivity index (χ1n) is 5.16. The van der Waals surface area contributed by atoms with Crippen molar-refractivity contribution in [3.8, 4) is 11.5 Å². The molecular weight excluding hydrogens is 320 g/mol. The molecule has 1 aromatic rings. The van der Waals surface area contributed by atoms with Gasteiger partial charge in [-0.2, -0.15) is 0 Å². The Balaban J connectivity index is 2.55. The summed E-state index contributed by atoms with van der Waals surface area (Å²) in [6.07, 6.45) is 0. The summed E-state index contributed by atoms with van der Waals surface area (Å²) in [5.41, 5.74) is -0.0411. The number of halogens is 1. The molecule has 2 rings (SSSR count). The molecule has 0 saturated heterocycles. The van der Waals surface area contributed by atoms with E-state index in [2.05, 4.69) is 15.9 Å². The lowest BCUT2D eigenvalue weighted by atomic mass is 10.0. The number of methoxy groups -OCH3 is 1. The second-order valence-electron chi connectivity index (χ2n) is 3.73. The fraction of sp³-hybridized carbons (Fsp3) is 0.167. The number of carbonyl (C=O) groups is 2. The lowest BCUT2D eigenvalue weighted by molar-refractivity contribution is -0.147. The number of ether oxygens (including phenoxy) is 2. The van der Waals surface area contributed by atoms with Crippen LogP contribution in [0.5, 0.6) is 11.5 Å². The second-order valence-corrected chi connectivity index (χ2v) is 4.59. The van der Waals surface area contributed by atoms with Crippen molar-refractivity contribution in [3.63, 3.8) is 0 Å². The second kappa shape index (κ2) is 4.93. The lowest BCUT2D eigenvalue weighted by Gasteiger charge is -2.20. The predicted octanol–water partition coefficient (Wildman–Crippen LogP) is 1.77. The maximum atomic E-state index is 11.4. The number of carboxylic acid groups (broad SMARTS) is 1. The lowest BCUT2D eigenvalue weighted by Crippen LogP contribution is -2.24. The molecule has 0 atom stereocenters. The summed E-state index contributed by atoms with van der Waals surface area (Å²) >= 11 is 3.23. The smallest absolute Gasteiger partial charge is 0.377 e. The Kier molecular flexibility index (Phi) is 3.48. The fourth-order valence-corrected chi connectivity index (χ4v) is 2.18. The van der Waals surface area contributed by atoms with Crippen molar-refractivity contribution in [3.05, 3.63) is 27.7 Å².